The van der Waals surface area contributed by atoms with Crippen molar-refractivity contribution in [2.24, 2.45) is 5.73 Å². The summed E-state index contributed by atoms with van der Waals surface area (Å²) < 4.78 is 16.5. The Morgan fingerprint density at radius 2 is 1.86 bits per heavy atom. The molecule has 2 atom stereocenters. The van der Waals surface area contributed by atoms with Crippen molar-refractivity contribution in [3.8, 4) is 5.75 Å². The lowest BCUT2D eigenvalue weighted by Crippen LogP contribution is -2.51. The van der Waals surface area contributed by atoms with Gasteiger partial charge in [0.25, 0.3) is 0 Å². The third-order valence-electron chi connectivity index (χ3n) is 7.01. The topological polar surface area (TPSA) is 108 Å². The van der Waals surface area contributed by atoms with Crippen molar-refractivity contribution in [1.29, 1.82) is 0 Å². The average Bonchev–Trinajstić information content (AvgIpc) is 3.06. The number of ether oxygens (including phenoxy) is 3. The summed E-state index contributed by atoms with van der Waals surface area (Å²) in [6.45, 7) is 1.74. The van der Waals surface area contributed by atoms with Crippen molar-refractivity contribution in [3.63, 3.8) is 0 Å². The number of hydrogen-bond donors (Lipinski definition) is 1. The summed E-state index contributed by atoms with van der Waals surface area (Å²) in [6, 6.07) is 14.6. The van der Waals surface area contributed by atoms with E-state index in [2.05, 4.69) is 0 Å². The van der Waals surface area contributed by atoms with Crippen molar-refractivity contribution in [2.45, 2.75) is 31.1 Å². The highest BCUT2D eigenvalue weighted by Gasteiger charge is 2.63. The van der Waals surface area contributed by atoms with Gasteiger partial charge in [0.1, 0.15) is 22.5 Å². The molecular weight excluding hydrogens is 448 g/mol. The van der Waals surface area contributed by atoms with Crippen LogP contribution >= 0.6 is 0 Å². The number of hydrogen-bond acceptors (Lipinski definition) is 7. The van der Waals surface area contributed by atoms with Crippen LogP contribution in [0.4, 0.5) is 5.69 Å². The lowest BCUT2D eigenvalue weighted by atomic mass is 9.63. The summed E-state index contributed by atoms with van der Waals surface area (Å²) in [4.78, 5) is 42.5. The number of rotatable bonds is 4. The van der Waals surface area contributed by atoms with E-state index in [1.807, 2.05) is 24.3 Å². The monoisotopic (exact) mass is 474 g/mol. The van der Waals surface area contributed by atoms with Crippen LogP contribution in [0.15, 0.2) is 71.3 Å². The van der Waals surface area contributed by atoms with Crippen LogP contribution in [0.5, 0.6) is 5.75 Å². The molecule has 8 nitrogen and oxygen atoms in total. The molecule has 5 rings (SSSR count). The second-order valence-corrected chi connectivity index (χ2v) is 8.79. The second kappa shape index (κ2) is 8.30. The Labute approximate surface area is 202 Å². The molecule has 2 N–H and O–H groups in total. The number of Topliss-reactive ketones (excluding diaryl/α,β-unsaturated/α-hetero) is 1. The van der Waals surface area contributed by atoms with Gasteiger partial charge in [-0.25, -0.2) is 4.79 Å². The van der Waals surface area contributed by atoms with Crippen molar-refractivity contribution < 1.29 is 28.6 Å². The van der Waals surface area contributed by atoms with Gasteiger partial charge in [-0.15, -0.1) is 0 Å². The Kier molecular flexibility index (Phi) is 5.39. The quantitative estimate of drug-likeness (QED) is 0.679. The molecule has 0 bridgehead atoms. The second-order valence-electron chi connectivity index (χ2n) is 8.79. The fourth-order valence-electron chi connectivity index (χ4n) is 5.50. The number of carbonyl (C=O) groups is 3. The highest BCUT2D eigenvalue weighted by Crippen LogP contribution is 2.56. The van der Waals surface area contributed by atoms with Gasteiger partial charge in [-0.1, -0.05) is 30.3 Å². The number of para-hydroxylation sites is 1. The highest BCUT2D eigenvalue weighted by atomic mass is 16.5. The van der Waals surface area contributed by atoms with Crippen molar-refractivity contribution >= 4 is 23.3 Å². The third kappa shape index (κ3) is 3.16. The number of likely N-dealkylation sites (N-methyl/N-ethyl adjacent to an activating group) is 1. The standard InChI is InChI=1S/C27H26N2O6/c1-4-34-25(31)23-24(28)35-21-14-16(15-9-11-17(33-3)12-10-15)13-20(30)22(21)27(23)18-7-5-6-8-19(18)29(2)26(27)32/h5-12,16H,4,13-14,28H2,1-3H3/t16-,27-/m1/s1. The molecule has 1 amide bonds. The van der Waals surface area contributed by atoms with Crippen LogP contribution in [0.25, 0.3) is 0 Å². The van der Waals surface area contributed by atoms with Gasteiger partial charge in [0.2, 0.25) is 11.8 Å². The molecule has 2 heterocycles. The summed E-state index contributed by atoms with van der Waals surface area (Å²) >= 11 is 0. The largest absolute Gasteiger partial charge is 0.497 e. The number of allylic oxidation sites excluding steroid dienone is 1. The van der Waals surface area contributed by atoms with E-state index in [-0.39, 0.29) is 41.8 Å². The van der Waals surface area contributed by atoms with Gasteiger partial charge < -0.3 is 24.8 Å². The normalized spacial score (nSPS) is 23.3. The predicted molar refractivity (Wildman–Crippen MR) is 127 cm³/mol. The number of fused-ring (bicyclic) bond motifs is 3. The Bertz CT molecular complexity index is 1310. The van der Waals surface area contributed by atoms with E-state index in [9.17, 15) is 14.4 Å². The first kappa shape index (κ1) is 22.7. The fourth-order valence-corrected chi connectivity index (χ4v) is 5.50. The first-order valence-corrected chi connectivity index (χ1v) is 11.5. The van der Waals surface area contributed by atoms with Crippen LogP contribution in [0, 0.1) is 0 Å². The van der Waals surface area contributed by atoms with Gasteiger partial charge in [0, 0.05) is 31.1 Å². The maximum atomic E-state index is 14.0. The molecule has 0 saturated heterocycles. The minimum absolute atomic E-state index is 0.0801. The third-order valence-corrected chi connectivity index (χ3v) is 7.01. The minimum Gasteiger partial charge on any atom is -0.497 e. The maximum Gasteiger partial charge on any atom is 0.341 e. The Morgan fingerprint density at radius 3 is 2.54 bits per heavy atom. The van der Waals surface area contributed by atoms with Gasteiger partial charge in [-0.3, -0.25) is 9.59 Å². The molecule has 2 aromatic rings. The SMILES string of the molecule is CCOC(=O)C1=C(N)OC2=C(C(=O)C[C@@H](c3ccc(OC)cc3)C2)[C@@]12C(=O)N(C)c1ccccc12. The van der Waals surface area contributed by atoms with Gasteiger partial charge in [-0.05, 0) is 36.6 Å². The molecule has 0 saturated carbocycles. The summed E-state index contributed by atoms with van der Waals surface area (Å²) in [5.41, 5.74) is 6.71. The van der Waals surface area contributed by atoms with Crippen LogP contribution in [0.2, 0.25) is 0 Å². The number of esters is 1. The molecule has 1 aliphatic carbocycles. The number of carbonyl (C=O) groups excluding carboxylic acids is 3. The molecule has 0 unspecified atom stereocenters. The Hall–Kier alpha value is -4.07. The van der Waals surface area contributed by atoms with Crippen LogP contribution in [0.1, 0.15) is 36.8 Å². The van der Waals surface area contributed by atoms with Gasteiger partial charge in [0.05, 0.1) is 19.3 Å². The van der Waals surface area contributed by atoms with Crippen molar-refractivity contribution in [3.05, 3.63) is 82.4 Å². The molecule has 180 valence electrons. The number of ketones is 1. The van der Waals surface area contributed by atoms with Gasteiger partial charge >= 0.3 is 5.97 Å². The molecule has 2 aromatic carbocycles. The summed E-state index contributed by atoms with van der Waals surface area (Å²) in [7, 11) is 3.22. The molecular formula is C27H26N2O6. The van der Waals surface area contributed by atoms with E-state index in [4.69, 9.17) is 19.9 Å². The van der Waals surface area contributed by atoms with Crippen LogP contribution < -0.4 is 15.4 Å². The summed E-state index contributed by atoms with van der Waals surface area (Å²) in [5.74, 6) is -0.844. The van der Waals surface area contributed by atoms with E-state index >= 15 is 0 Å². The zero-order valence-corrected chi connectivity index (χ0v) is 19.8. The molecule has 3 aliphatic rings. The number of anilines is 1. The van der Waals surface area contributed by atoms with E-state index in [1.54, 1.807) is 45.3 Å². The average molecular weight is 475 g/mol. The Morgan fingerprint density at radius 1 is 1.14 bits per heavy atom. The van der Waals surface area contributed by atoms with Crippen molar-refractivity contribution in [1.82, 2.24) is 0 Å². The lowest BCUT2D eigenvalue weighted by molar-refractivity contribution is -0.141. The van der Waals surface area contributed by atoms with E-state index < -0.39 is 17.3 Å². The fraction of sp³-hybridized carbons (Fsp3) is 0.296. The van der Waals surface area contributed by atoms with E-state index in [0.717, 1.165) is 5.56 Å². The zero-order valence-electron chi connectivity index (χ0n) is 19.8. The number of methoxy groups -OCH3 is 1. The van der Waals surface area contributed by atoms with Crippen LogP contribution in [-0.2, 0) is 29.3 Å². The van der Waals surface area contributed by atoms with Gasteiger partial charge in [0.15, 0.2) is 5.78 Å². The molecule has 0 radical (unpaired) electrons. The first-order valence-electron chi connectivity index (χ1n) is 11.5. The lowest BCUT2D eigenvalue weighted by Gasteiger charge is -2.40. The molecule has 2 aliphatic heterocycles. The van der Waals surface area contributed by atoms with Crippen LogP contribution in [-0.4, -0.2) is 38.4 Å². The number of nitrogens with zero attached hydrogens (tertiary/aromatic N) is 1. The summed E-state index contributed by atoms with van der Waals surface area (Å²) in [5, 5.41) is 0. The highest BCUT2D eigenvalue weighted by molar-refractivity contribution is 6.23. The van der Waals surface area contributed by atoms with Crippen LogP contribution in [0.3, 0.4) is 0 Å². The van der Waals surface area contributed by atoms with E-state index in [1.165, 1.54) is 4.90 Å². The van der Waals surface area contributed by atoms with Gasteiger partial charge in [-0.2, -0.15) is 0 Å². The zero-order chi connectivity index (χ0) is 24.9. The molecule has 8 heteroatoms. The number of amides is 1. The van der Waals surface area contributed by atoms with Crippen molar-refractivity contribution in [2.75, 3.05) is 25.7 Å². The molecule has 35 heavy (non-hydrogen) atoms. The minimum atomic E-state index is -1.71. The summed E-state index contributed by atoms with van der Waals surface area (Å²) in [6.07, 6.45) is 0.510. The number of nitrogens with two attached hydrogens (primary N) is 1. The molecule has 0 aromatic heterocycles. The molecule has 1 spiro atoms. The first-order chi connectivity index (χ1) is 16.8. The predicted octanol–water partition coefficient (Wildman–Crippen LogP) is 3.07. The molecule has 0 fully saturated rings. The maximum absolute atomic E-state index is 14.0. The Balaban J connectivity index is 1.71. The smallest absolute Gasteiger partial charge is 0.341 e. The number of benzene rings is 2. The van der Waals surface area contributed by atoms with E-state index in [0.29, 0.717) is 29.2 Å².